The highest BCUT2D eigenvalue weighted by Gasteiger charge is 2.11. The zero-order valence-corrected chi connectivity index (χ0v) is 13.9. The zero-order chi connectivity index (χ0) is 15.7. The Morgan fingerprint density at radius 2 is 1.90 bits per heavy atom. The first-order valence-electron chi connectivity index (χ1n) is 8.04. The van der Waals surface area contributed by atoms with E-state index in [4.69, 9.17) is 4.74 Å². The largest absolute Gasteiger partial charge is 0.379 e. The molecule has 1 unspecified atom stereocenters. The number of rotatable bonds is 10. The van der Waals surface area contributed by atoms with Crippen LogP contribution in [0.25, 0.3) is 0 Å². The molecule has 3 heteroatoms. The van der Waals surface area contributed by atoms with Crippen molar-refractivity contribution in [3.63, 3.8) is 0 Å². The van der Waals surface area contributed by atoms with Crippen molar-refractivity contribution in [3.8, 4) is 0 Å². The van der Waals surface area contributed by atoms with Crippen LogP contribution in [-0.4, -0.2) is 25.8 Å². The number of nitrogens with one attached hydrogen (secondary N) is 1. The van der Waals surface area contributed by atoms with E-state index in [2.05, 4.69) is 33.0 Å². The summed E-state index contributed by atoms with van der Waals surface area (Å²) < 4.78 is 19.0. The van der Waals surface area contributed by atoms with Gasteiger partial charge in [-0.2, -0.15) is 0 Å². The number of halogens is 1. The third-order valence-corrected chi connectivity index (χ3v) is 3.38. The minimum atomic E-state index is -0.153. The van der Waals surface area contributed by atoms with E-state index in [1.54, 1.807) is 12.1 Å². The van der Waals surface area contributed by atoms with Crippen LogP contribution in [0.3, 0.4) is 0 Å². The van der Waals surface area contributed by atoms with Gasteiger partial charge in [0.1, 0.15) is 5.82 Å². The maximum Gasteiger partial charge on any atom is 0.123 e. The monoisotopic (exact) mass is 295 g/mol. The maximum absolute atomic E-state index is 13.3. The van der Waals surface area contributed by atoms with Crippen molar-refractivity contribution in [3.05, 3.63) is 35.6 Å². The fraction of sp³-hybridized carbons (Fsp3) is 0.667. The second-order valence-corrected chi connectivity index (χ2v) is 6.46. The normalized spacial score (nSPS) is 13.1. The second kappa shape index (κ2) is 9.91. The van der Waals surface area contributed by atoms with Gasteiger partial charge in [0, 0.05) is 6.61 Å². The fourth-order valence-electron chi connectivity index (χ4n) is 2.32. The molecule has 0 fully saturated rings. The molecule has 0 aliphatic rings. The smallest absolute Gasteiger partial charge is 0.123 e. The van der Waals surface area contributed by atoms with Crippen LogP contribution in [0.1, 0.15) is 39.7 Å². The van der Waals surface area contributed by atoms with Gasteiger partial charge >= 0.3 is 0 Å². The molecule has 0 amide bonds. The van der Waals surface area contributed by atoms with Crippen molar-refractivity contribution in [1.29, 1.82) is 0 Å². The Hall–Kier alpha value is -0.930. The first-order valence-corrected chi connectivity index (χ1v) is 8.04. The van der Waals surface area contributed by atoms with Crippen LogP contribution < -0.4 is 5.32 Å². The molecule has 0 aliphatic heterocycles. The Labute approximate surface area is 129 Å². The van der Waals surface area contributed by atoms with Crippen LogP contribution in [0, 0.1) is 17.7 Å². The lowest BCUT2D eigenvalue weighted by Crippen LogP contribution is -2.28. The summed E-state index contributed by atoms with van der Waals surface area (Å²) in [5, 5.41) is 3.51. The van der Waals surface area contributed by atoms with Crippen LogP contribution in [0.5, 0.6) is 0 Å². The molecule has 1 aromatic carbocycles. The lowest BCUT2D eigenvalue weighted by molar-refractivity contribution is 0.0682. The van der Waals surface area contributed by atoms with E-state index in [1.807, 2.05) is 6.07 Å². The number of hydrogen-bond acceptors (Lipinski definition) is 2. The summed E-state index contributed by atoms with van der Waals surface area (Å²) >= 11 is 0. The summed E-state index contributed by atoms with van der Waals surface area (Å²) in [5.41, 5.74) is 1.07. The minimum absolute atomic E-state index is 0.153. The van der Waals surface area contributed by atoms with Gasteiger partial charge in [-0.1, -0.05) is 26.0 Å². The first-order chi connectivity index (χ1) is 9.97. The van der Waals surface area contributed by atoms with Crippen molar-refractivity contribution < 1.29 is 9.13 Å². The van der Waals surface area contributed by atoms with E-state index in [1.165, 1.54) is 6.07 Å². The number of hydrogen-bond donors (Lipinski definition) is 1. The van der Waals surface area contributed by atoms with Crippen molar-refractivity contribution in [2.45, 2.75) is 46.6 Å². The molecule has 0 radical (unpaired) electrons. The zero-order valence-electron chi connectivity index (χ0n) is 13.9. The van der Waals surface area contributed by atoms with Crippen molar-refractivity contribution in [2.24, 2.45) is 11.8 Å². The lowest BCUT2D eigenvalue weighted by Gasteiger charge is -2.19. The Balaban J connectivity index is 2.49. The standard InChI is InChI=1S/C18H30FNO/c1-14(2)12-20-13-17(8-9-21-15(3)4)10-16-6-5-7-18(19)11-16/h5-7,11,14-15,17,20H,8-10,12-13H2,1-4H3. The van der Waals surface area contributed by atoms with E-state index < -0.39 is 0 Å². The average molecular weight is 295 g/mol. The molecule has 0 saturated heterocycles. The van der Waals surface area contributed by atoms with E-state index in [0.29, 0.717) is 11.8 Å². The Morgan fingerprint density at radius 3 is 2.52 bits per heavy atom. The van der Waals surface area contributed by atoms with Gasteiger partial charge in [0.2, 0.25) is 0 Å². The highest BCUT2D eigenvalue weighted by molar-refractivity contribution is 5.16. The summed E-state index contributed by atoms with van der Waals surface area (Å²) in [6.45, 7) is 11.3. The molecule has 2 nitrogen and oxygen atoms in total. The molecule has 1 N–H and O–H groups in total. The van der Waals surface area contributed by atoms with Crippen LogP contribution in [0.15, 0.2) is 24.3 Å². The summed E-state index contributed by atoms with van der Waals surface area (Å²) in [6, 6.07) is 6.92. The van der Waals surface area contributed by atoms with Gasteiger partial charge in [-0.3, -0.25) is 0 Å². The third kappa shape index (κ3) is 8.84. The van der Waals surface area contributed by atoms with E-state index in [-0.39, 0.29) is 11.9 Å². The van der Waals surface area contributed by atoms with Gasteiger partial charge in [0.25, 0.3) is 0 Å². The van der Waals surface area contributed by atoms with Crippen LogP contribution in [-0.2, 0) is 11.2 Å². The van der Waals surface area contributed by atoms with Crippen molar-refractivity contribution in [1.82, 2.24) is 5.32 Å². The minimum Gasteiger partial charge on any atom is -0.379 e. The highest BCUT2D eigenvalue weighted by atomic mass is 19.1. The molecule has 0 heterocycles. The number of benzene rings is 1. The topological polar surface area (TPSA) is 21.3 Å². The molecule has 0 aliphatic carbocycles. The van der Waals surface area contributed by atoms with Crippen LogP contribution >= 0.6 is 0 Å². The summed E-state index contributed by atoms with van der Waals surface area (Å²) in [7, 11) is 0. The Morgan fingerprint density at radius 1 is 1.14 bits per heavy atom. The second-order valence-electron chi connectivity index (χ2n) is 6.46. The van der Waals surface area contributed by atoms with Gasteiger partial charge in [-0.05, 0) is 69.3 Å². The average Bonchev–Trinajstić information content (AvgIpc) is 2.37. The summed E-state index contributed by atoms with van der Waals surface area (Å²) in [4.78, 5) is 0. The van der Waals surface area contributed by atoms with E-state index >= 15 is 0 Å². The van der Waals surface area contributed by atoms with E-state index in [0.717, 1.165) is 38.1 Å². The van der Waals surface area contributed by atoms with Gasteiger partial charge in [0.15, 0.2) is 0 Å². The fourth-order valence-corrected chi connectivity index (χ4v) is 2.32. The molecule has 1 aromatic rings. The van der Waals surface area contributed by atoms with E-state index in [9.17, 15) is 4.39 Å². The predicted octanol–water partition coefficient (Wildman–Crippen LogP) is 4.05. The lowest BCUT2D eigenvalue weighted by atomic mass is 9.96. The number of ether oxygens (including phenoxy) is 1. The summed E-state index contributed by atoms with van der Waals surface area (Å²) in [6.07, 6.45) is 2.16. The van der Waals surface area contributed by atoms with Gasteiger partial charge in [-0.25, -0.2) is 4.39 Å². The molecule has 0 bridgehead atoms. The molecule has 0 spiro atoms. The summed E-state index contributed by atoms with van der Waals surface area (Å²) in [5.74, 6) is 0.968. The third-order valence-electron chi connectivity index (χ3n) is 3.38. The van der Waals surface area contributed by atoms with Gasteiger partial charge in [0.05, 0.1) is 6.10 Å². The predicted molar refractivity (Wildman–Crippen MR) is 87.0 cm³/mol. The molecule has 120 valence electrons. The highest BCUT2D eigenvalue weighted by Crippen LogP contribution is 2.14. The molecule has 0 aromatic heterocycles. The van der Waals surface area contributed by atoms with Crippen molar-refractivity contribution >= 4 is 0 Å². The van der Waals surface area contributed by atoms with Crippen molar-refractivity contribution in [2.75, 3.05) is 19.7 Å². The van der Waals surface area contributed by atoms with Crippen LogP contribution in [0.4, 0.5) is 4.39 Å². The Kier molecular flexibility index (Phi) is 8.55. The maximum atomic E-state index is 13.3. The molecule has 21 heavy (non-hydrogen) atoms. The molecule has 0 saturated carbocycles. The van der Waals surface area contributed by atoms with Crippen LogP contribution in [0.2, 0.25) is 0 Å². The first kappa shape index (κ1) is 18.1. The molecule has 1 rings (SSSR count). The Bertz CT molecular complexity index is 379. The quantitative estimate of drug-likeness (QED) is 0.703. The molecular formula is C18H30FNO. The van der Waals surface area contributed by atoms with Gasteiger partial charge in [-0.15, -0.1) is 0 Å². The SMILES string of the molecule is CC(C)CNCC(CCOC(C)C)Cc1cccc(F)c1. The van der Waals surface area contributed by atoms with Gasteiger partial charge < -0.3 is 10.1 Å². The molecular weight excluding hydrogens is 265 g/mol. The molecule has 1 atom stereocenters.